The van der Waals surface area contributed by atoms with Gasteiger partial charge in [-0.1, -0.05) is 0 Å². The van der Waals surface area contributed by atoms with E-state index in [1.54, 1.807) is 6.07 Å². The highest BCUT2D eigenvalue weighted by atomic mass is 32.2. The molecule has 0 spiro atoms. The number of anilines is 1. The SMILES string of the molecule is O=C(Nc1ccc(OS(=O)(=O)c2ccc3c(c2)C(=O)NC3=O)cc1)c1ccco1. The quantitative estimate of drug-likeness (QED) is 0.485. The zero-order valence-electron chi connectivity index (χ0n) is 14.5. The van der Waals surface area contributed by atoms with E-state index in [1.807, 2.05) is 0 Å². The third kappa shape index (κ3) is 3.60. The molecule has 0 saturated heterocycles. The molecule has 3 amide bonds. The Labute approximate surface area is 164 Å². The smallest absolute Gasteiger partial charge is 0.339 e. The summed E-state index contributed by atoms with van der Waals surface area (Å²) in [7, 11) is -4.24. The molecule has 1 aliphatic heterocycles. The molecular formula is C19H12N2O7S. The first-order valence-electron chi connectivity index (χ1n) is 8.23. The predicted octanol–water partition coefficient (Wildman–Crippen LogP) is 2.18. The predicted molar refractivity (Wildman–Crippen MR) is 99.2 cm³/mol. The van der Waals surface area contributed by atoms with Crippen molar-refractivity contribution < 1.29 is 31.4 Å². The van der Waals surface area contributed by atoms with Crippen molar-refractivity contribution in [3.63, 3.8) is 0 Å². The second kappa shape index (κ2) is 6.91. The van der Waals surface area contributed by atoms with E-state index in [2.05, 4.69) is 10.6 Å². The molecule has 2 heterocycles. The van der Waals surface area contributed by atoms with Crippen molar-refractivity contribution in [2.75, 3.05) is 5.32 Å². The van der Waals surface area contributed by atoms with Crippen molar-refractivity contribution in [1.82, 2.24) is 5.32 Å². The number of nitrogens with one attached hydrogen (secondary N) is 2. The van der Waals surface area contributed by atoms with Gasteiger partial charge in [0.2, 0.25) is 0 Å². The van der Waals surface area contributed by atoms with E-state index in [4.69, 9.17) is 8.60 Å². The lowest BCUT2D eigenvalue weighted by Gasteiger charge is -2.09. The molecule has 1 aromatic heterocycles. The van der Waals surface area contributed by atoms with Gasteiger partial charge in [0.25, 0.3) is 17.7 Å². The molecule has 4 rings (SSSR count). The number of carbonyl (C=O) groups excluding carboxylic acids is 3. The molecule has 0 unspecified atom stereocenters. The number of rotatable bonds is 5. The third-order valence-electron chi connectivity index (χ3n) is 4.06. The zero-order chi connectivity index (χ0) is 20.6. The first-order valence-corrected chi connectivity index (χ1v) is 9.63. The van der Waals surface area contributed by atoms with Crippen LogP contribution in [0, 0.1) is 0 Å². The fourth-order valence-electron chi connectivity index (χ4n) is 2.67. The highest BCUT2D eigenvalue weighted by Crippen LogP contribution is 2.24. The molecule has 3 aromatic rings. The molecule has 0 bridgehead atoms. The average Bonchev–Trinajstić information content (AvgIpc) is 3.32. The lowest BCUT2D eigenvalue weighted by molar-refractivity contribution is 0.0878. The van der Waals surface area contributed by atoms with E-state index in [9.17, 15) is 22.8 Å². The van der Waals surface area contributed by atoms with Crippen LogP contribution < -0.4 is 14.8 Å². The minimum Gasteiger partial charge on any atom is -0.459 e. The van der Waals surface area contributed by atoms with Crippen LogP contribution >= 0.6 is 0 Å². The molecular weight excluding hydrogens is 400 g/mol. The van der Waals surface area contributed by atoms with E-state index in [0.29, 0.717) is 5.69 Å². The maximum atomic E-state index is 12.5. The molecule has 2 N–H and O–H groups in total. The lowest BCUT2D eigenvalue weighted by atomic mass is 10.1. The van der Waals surface area contributed by atoms with Gasteiger partial charge in [-0.15, -0.1) is 0 Å². The molecule has 10 heteroatoms. The zero-order valence-corrected chi connectivity index (χ0v) is 15.4. The Balaban J connectivity index is 1.50. The van der Waals surface area contributed by atoms with Gasteiger partial charge in [0.05, 0.1) is 17.4 Å². The maximum Gasteiger partial charge on any atom is 0.339 e. The summed E-state index contributed by atoms with van der Waals surface area (Å²) in [6.45, 7) is 0. The number of fused-ring (bicyclic) bond motifs is 1. The molecule has 0 radical (unpaired) electrons. The fraction of sp³-hybridized carbons (Fsp3) is 0. The highest BCUT2D eigenvalue weighted by Gasteiger charge is 2.29. The first-order chi connectivity index (χ1) is 13.8. The summed E-state index contributed by atoms with van der Waals surface area (Å²) >= 11 is 0. The number of imide groups is 1. The Bertz CT molecular complexity index is 1230. The normalized spacial score (nSPS) is 13.0. The largest absolute Gasteiger partial charge is 0.459 e. The Hall–Kier alpha value is -3.92. The fourth-order valence-corrected chi connectivity index (χ4v) is 3.63. The van der Waals surface area contributed by atoms with Crippen LogP contribution in [-0.2, 0) is 10.1 Å². The molecule has 2 aromatic carbocycles. The average molecular weight is 412 g/mol. The molecule has 29 heavy (non-hydrogen) atoms. The van der Waals surface area contributed by atoms with E-state index in [-0.39, 0.29) is 27.5 Å². The van der Waals surface area contributed by atoms with Crippen LogP contribution in [0.3, 0.4) is 0 Å². The lowest BCUT2D eigenvalue weighted by Crippen LogP contribution is -2.19. The number of furan rings is 1. The number of hydrogen-bond donors (Lipinski definition) is 2. The van der Waals surface area contributed by atoms with Gasteiger partial charge in [-0.2, -0.15) is 8.42 Å². The minimum absolute atomic E-state index is 0.00187. The van der Waals surface area contributed by atoms with Crippen LogP contribution in [0.2, 0.25) is 0 Å². The van der Waals surface area contributed by atoms with Gasteiger partial charge in [-0.3, -0.25) is 19.7 Å². The second-order valence-corrected chi connectivity index (χ2v) is 7.53. The van der Waals surface area contributed by atoms with Crippen LogP contribution in [0.1, 0.15) is 31.3 Å². The number of hydrogen-bond acceptors (Lipinski definition) is 7. The summed E-state index contributed by atoms with van der Waals surface area (Å²) in [5, 5.41) is 4.68. The van der Waals surface area contributed by atoms with Crippen LogP contribution in [0.5, 0.6) is 5.75 Å². The van der Waals surface area contributed by atoms with E-state index in [1.165, 1.54) is 48.7 Å². The summed E-state index contributed by atoms with van der Waals surface area (Å²) in [4.78, 5) is 34.9. The monoisotopic (exact) mass is 412 g/mol. The van der Waals surface area contributed by atoms with Gasteiger partial charge < -0.3 is 13.9 Å². The minimum atomic E-state index is -4.24. The van der Waals surface area contributed by atoms with Gasteiger partial charge in [-0.25, -0.2) is 0 Å². The van der Waals surface area contributed by atoms with E-state index in [0.717, 1.165) is 6.07 Å². The van der Waals surface area contributed by atoms with Gasteiger partial charge in [0.1, 0.15) is 10.6 Å². The van der Waals surface area contributed by atoms with Crippen LogP contribution in [0.4, 0.5) is 5.69 Å². The van der Waals surface area contributed by atoms with Crippen molar-refractivity contribution in [2.45, 2.75) is 4.90 Å². The number of amides is 3. The van der Waals surface area contributed by atoms with Gasteiger partial charge in [0.15, 0.2) is 5.76 Å². The highest BCUT2D eigenvalue weighted by molar-refractivity contribution is 7.87. The summed E-state index contributed by atoms with van der Waals surface area (Å²) < 4.78 is 35.0. The van der Waals surface area contributed by atoms with Crippen molar-refractivity contribution in [3.8, 4) is 5.75 Å². The summed E-state index contributed by atoms with van der Waals surface area (Å²) in [5.41, 5.74) is 0.477. The standard InChI is InChI=1S/C19H12N2O7S/c22-17-14-8-7-13(10-15(14)18(23)21-17)29(25,26)28-12-5-3-11(4-6-12)20-19(24)16-2-1-9-27-16/h1-10H,(H,20,24)(H,21,22,23). The molecule has 0 saturated carbocycles. The molecule has 0 atom stereocenters. The van der Waals surface area contributed by atoms with Crippen LogP contribution in [0.15, 0.2) is 70.2 Å². The number of benzene rings is 2. The van der Waals surface area contributed by atoms with Crippen LogP contribution in [-0.4, -0.2) is 26.1 Å². The Kier molecular flexibility index (Phi) is 4.40. The van der Waals surface area contributed by atoms with E-state index >= 15 is 0 Å². The first kappa shape index (κ1) is 18.4. The Morgan fingerprint density at radius 2 is 1.69 bits per heavy atom. The summed E-state index contributed by atoms with van der Waals surface area (Å²) in [6, 6.07) is 12.2. The molecule has 1 aliphatic rings. The Morgan fingerprint density at radius 1 is 0.966 bits per heavy atom. The number of carbonyl (C=O) groups is 3. The second-order valence-electron chi connectivity index (χ2n) is 5.98. The summed E-state index contributed by atoms with van der Waals surface area (Å²) in [5.74, 6) is -1.57. The summed E-state index contributed by atoms with van der Waals surface area (Å²) in [6.07, 6.45) is 1.37. The van der Waals surface area contributed by atoms with Crippen molar-refractivity contribution >= 4 is 33.5 Å². The van der Waals surface area contributed by atoms with Gasteiger partial charge in [-0.05, 0) is 54.6 Å². The molecule has 146 valence electrons. The van der Waals surface area contributed by atoms with Crippen LogP contribution in [0.25, 0.3) is 0 Å². The maximum absolute atomic E-state index is 12.5. The van der Waals surface area contributed by atoms with E-state index < -0.39 is 27.8 Å². The van der Waals surface area contributed by atoms with Crippen molar-refractivity contribution in [1.29, 1.82) is 0 Å². The topological polar surface area (TPSA) is 132 Å². The van der Waals surface area contributed by atoms with Crippen molar-refractivity contribution in [2.24, 2.45) is 0 Å². The molecule has 0 aliphatic carbocycles. The molecule has 0 fully saturated rings. The van der Waals surface area contributed by atoms with Gasteiger partial charge >= 0.3 is 10.1 Å². The third-order valence-corrected chi connectivity index (χ3v) is 5.30. The molecule has 9 nitrogen and oxygen atoms in total. The van der Waals surface area contributed by atoms with Crippen molar-refractivity contribution in [3.05, 3.63) is 77.7 Å². The Morgan fingerprint density at radius 3 is 2.38 bits per heavy atom. The van der Waals surface area contributed by atoms with Gasteiger partial charge in [0, 0.05) is 5.69 Å².